The molecule has 1 aromatic heterocycles. The second-order valence-electron chi connectivity index (χ2n) is 6.03. The molecule has 0 radical (unpaired) electrons. The van der Waals surface area contributed by atoms with Crippen molar-refractivity contribution in [3.8, 4) is 5.75 Å². The lowest BCUT2D eigenvalue weighted by molar-refractivity contribution is -0.138. The lowest BCUT2D eigenvalue weighted by Crippen LogP contribution is -2.21. The summed E-state index contributed by atoms with van der Waals surface area (Å²) in [7, 11) is 1.80. The van der Waals surface area contributed by atoms with Gasteiger partial charge < -0.3 is 10.1 Å². The first-order valence-electron chi connectivity index (χ1n) is 7.75. The van der Waals surface area contributed by atoms with Crippen LogP contribution in [0.4, 0.5) is 13.2 Å². The normalized spacial score (nSPS) is 13.3. The second-order valence-corrected chi connectivity index (χ2v) is 6.03. The van der Waals surface area contributed by atoms with E-state index in [0.29, 0.717) is 0 Å². The van der Waals surface area contributed by atoms with Crippen LogP contribution in [0.25, 0.3) is 0 Å². The molecule has 0 saturated heterocycles. The fraction of sp³-hybridized carbons (Fsp3) is 0.471. The average molecular weight is 341 g/mol. The van der Waals surface area contributed by atoms with Gasteiger partial charge in [-0.25, -0.2) is 0 Å². The Hall–Kier alpha value is -2.02. The highest BCUT2D eigenvalue weighted by molar-refractivity contribution is 5.37. The minimum atomic E-state index is -4.43. The first kappa shape index (κ1) is 18.3. The van der Waals surface area contributed by atoms with Gasteiger partial charge in [0.25, 0.3) is 0 Å². The smallest absolute Gasteiger partial charge is 0.416 e. The minimum Gasteiger partial charge on any atom is -0.491 e. The number of benzene rings is 1. The Morgan fingerprint density at radius 1 is 1.25 bits per heavy atom. The molecule has 0 fully saturated rings. The van der Waals surface area contributed by atoms with Crippen LogP contribution < -0.4 is 10.1 Å². The lowest BCUT2D eigenvalue weighted by Gasteiger charge is -2.18. The standard InChI is InChI=1S/C17H22F3N3O/c1-11(2)24-15-6-5-13(16(7-15)17(18,19)20)8-21-12(3)14-9-22-23(4)10-14/h5-7,9-12,21H,8H2,1-4H3/t12-/m1/s1. The van der Waals surface area contributed by atoms with Crippen LogP contribution >= 0.6 is 0 Å². The molecule has 0 amide bonds. The molecule has 1 aromatic carbocycles. The summed E-state index contributed by atoms with van der Waals surface area (Å²) in [6.45, 7) is 5.55. The van der Waals surface area contributed by atoms with E-state index in [-0.39, 0.29) is 30.0 Å². The van der Waals surface area contributed by atoms with Gasteiger partial charge in [0.05, 0.1) is 17.9 Å². The van der Waals surface area contributed by atoms with Crippen LogP contribution in [0, 0.1) is 0 Å². The van der Waals surface area contributed by atoms with Crippen LogP contribution in [0.15, 0.2) is 30.6 Å². The maximum Gasteiger partial charge on any atom is 0.416 e. The molecule has 0 bridgehead atoms. The summed E-state index contributed by atoms with van der Waals surface area (Å²) < 4.78 is 47.0. The van der Waals surface area contributed by atoms with E-state index < -0.39 is 11.7 Å². The number of halogens is 3. The quantitative estimate of drug-likeness (QED) is 0.861. The van der Waals surface area contributed by atoms with Gasteiger partial charge in [0.1, 0.15) is 5.75 Å². The number of hydrogen-bond acceptors (Lipinski definition) is 3. The van der Waals surface area contributed by atoms with Crippen LogP contribution in [0.1, 0.15) is 43.5 Å². The number of aryl methyl sites for hydroxylation is 1. The van der Waals surface area contributed by atoms with Gasteiger partial charge in [-0.3, -0.25) is 4.68 Å². The molecular weight excluding hydrogens is 319 g/mol. The van der Waals surface area contributed by atoms with Crippen LogP contribution in [0.5, 0.6) is 5.75 Å². The third-order valence-electron chi connectivity index (χ3n) is 3.58. The predicted octanol–water partition coefficient (Wildman–Crippen LogP) is 4.08. The molecule has 0 aliphatic carbocycles. The highest BCUT2D eigenvalue weighted by atomic mass is 19.4. The summed E-state index contributed by atoms with van der Waals surface area (Å²) >= 11 is 0. The molecule has 7 heteroatoms. The van der Waals surface area contributed by atoms with E-state index in [1.165, 1.54) is 6.07 Å². The van der Waals surface area contributed by atoms with Crippen molar-refractivity contribution < 1.29 is 17.9 Å². The number of nitrogens with one attached hydrogen (secondary N) is 1. The van der Waals surface area contributed by atoms with Crippen LogP contribution in [0.3, 0.4) is 0 Å². The van der Waals surface area contributed by atoms with Gasteiger partial charge in [0.2, 0.25) is 0 Å². The molecular formula is C17H22F3N3O. The number of ether oxygens (including phenoxy) is 1. The molecule has 2 rings (SSSR count). The molecule has 0 spiro atoms. The van der Waals surface area contributed by atoms with E-state index in [9.17, 15) is 13.2 Å². The zero-order valence-electron chi connectivity index (χ0n) is 14.2. The number of hydrogen-bond donors (Lipinski definition) is 1. The fourth-order valence-corrected chi connectivity index (χ4v) is 2.36. The Kier molecular flexibility index (Phi) is 5.54. The monoisotopic (exact) mass is 341 g/mol. The average Bonchev–Trinajstić information content (AvgIpc) is 2.90. The molecule has 4 nitrogen and oxygen atoms in total. The summed E-state index contributed by atoms with van der Waals surface area (Å²) in [4.78, 5) is 0. The molecule has 132 valence electrons. The maximum absolute atomic E-state index is 13.3. The molecule has 0 unspecified atom stereocenters. The van der Waals surface area contributed by atoms with Crippen molar-refractivity contribution in [1.29, 1.82) is 0 Å². The highest BCUT2D eigenvalue weighted by Crippen LogP contribution is 2.35. The first-order chi connectivity index (χ1) is 11.2. The number of rotatable bonds is 6. The summed E-state index contributed by atoms with van der Waals surface area (Å²) in [6, 6.07) is 3.99. The van der Waals surface area contributed by atoms with Gasteiger partial charge in [0.15, 0.2) is 0 Å². The lowest BCUT2D eigenvalue weighted by atomic mass is 10.1. The van der Waals surface area contributed by atoms with E-state index in [1.807, 2.05) is 13.1 Å². The van der Waals surface area contributed by atoms with Crippen molar-refractivity contribution in [3.05, 3.63) is 47.3 Å². The van der Waals surface area contributed by atoms with Crippen molar-refractivity contribution in [3.63, 3.8) is 0 Å². The number of alkyl halides is 3. The van der Waals surface area contributed by atoms with Crippen molar-refractivity contribution >= 4 is 0 Å². The van der Waals surface area contributed by atoms with Gasteiger partial charge in [0, 0.05) is 31.4 Å². The van der Waals surface area contributed by atoms with Gasteiger partial charge in [-0.2, -0.15) is 18.3 Å². The van der Waals surface area contributed by atoms with Gasteiger partial charge in [-0.1, -0.05) is 6.07 Å². The van der Waals surface area contributed by atoms with Gasteiger partial charge in [-0.15, -0.1) is 0 Å². The predicted molar refractivity (Wildman–Crippen MR) is 85.7 cm³/mol. The van der Waals surface area contributed by atoms with Gasteiger partial charge >= 0.3 is 6.18 Å². The first-order valence-corrected chi connectivity index (χ1v) is 7.75. The Morgan fingerprint density at radius 2 is 1.96 bits per heavy atom. The van der Waals surface area contributed by atoms with E-state index in [1.54, 1.807) is 37.8 Å². The molecule has 0 saturated carbocycles. The molecule has 1 atom stereocenters. The number of aromatic nitrogens is 2. The van der Waals surface area contributed by atoms with Crippen molar-refractivity contribution in [1.82, 2.24) is 15.1 Å². The van der Waals surface area contributed by atoms with E-state index in [4.69, 9.17) is 4.74 Å². The molecule has 0 aliphatic rings. The molecule has 0 aliphatic heterocycles. The SMILES string of the molecule is CC(C)Oc1ccc(CN[C@H](C)c2cnn(C)c2)c(C(F)(F)F)c1. The van der Waals surface area contributed by atoms with Crippen molar-refractivity contribution in [2.24, 2.45) is 7.05 Å². The molecule has 2 aromatic rings. The third kappa shape index (κ3) is 4.74. The Labute approximate surface area is 139 Å². The molecule has 24 heavy (non-hydrogen) atoms. The molecule has 1 heterocycles. The Balaban J connectivity index is 2.16. The van der Waals surface area contributed by atoms with Crippen LogP contribution in [-0.2, 0) is 19.8 Å². The van der Waals surface area contributed by atoms with Gasteiger partial charge in [-0.05, 0) is 38.5 Å². The topological polar surface area (TPSA) is 39.1 Å². The van der Waals surface area contributed by atoms with Crippen LogP contribution in [-0.4, -0.2) is 15.9 Å². The zero-order valence-corrected chi connectivity index (χ0v) is 14.2. The summed E-state index contributed by atoms with van der Waals surface area (Å²) in [5, 5.41) is 7.18. The van der Waals surface area contributed by atoms with Crippen LogP contribution in [0.2, 0.25) is 0 Å². The van der Waals surface area contributed by atoms with E-state index in [2.05, 4.69) is 10.4 Å². The fourth-order valence-electron chi connectivity index (χ4n) is 2.36. The van der Waals surface area contributed by atoms with E-state index in [0.717, 1.165) is 11.6 Å². The number of nitrogens with zero attached hydrogens (tertiary/aromatic N) is 2. The summed E-state index contributed by atoms with van der Waals surface area (Å²) in [5.41, 5.74) is 0.437. The second kappa shape index (κ2) is 7.25. The Bertz CT molecular complexity index is 680. The molecule has 1 N–H and O–H groups in total. The van der Waals surface area contributed by atoms with Crippen molar-refractivity contribution in [2.75, 3.05) is 0 Å². The van der Waals surface area contributed by atoms with E-state index >= 15 is 0 Å². The minimum absolute atomic E-state index is 0.104. The maximum atomic E-state index is 13.3. The summed E-state index contributed by atoms with van der Waals surface area (Å²) in [6.07, 6.45) is -1.07. The zero-order chi connectivity index (χ0) is 17.9. The van der Waals surface area contributed by atoms with Crippen molar-refractivity contribution in [2.45, 2.75) is 45.6 Å². The third-order valence-corrected chi connectivity index (χ3v) is 3.58. The summed E-state index contributed by atoms with van der Waals surface area (Å²) in [5.74, 6) is 0.224. The Morgan fingerprint density at radius 3 is 2.50 bits per heavy atom. The highest BCUT2D eigenvalue weighted by Gasteiger charge is 2.33. The largest absolute Gasteiger partial charge is 0.491 e.